The van der Waals surface area contributed by atoms with Crippen molar-refractivity contribution in [2.45, 2.75) is 51.5 Å². The molecule has 0 bridgehead atoms. The zero-order chi connectivity index (χ0) is 22.9. The Bertz CT molecular complexity index is 809. The second-order valence-corrected chi connectivity index (χ2v) is 8.59. The van der Waals surface area contributed by atoms with Gasteiger partial charge in [-0.15, -0.1) is 0 Å². The lowest BCUT2D eigenvalue weighted by atomic mass is 10.0. The van der Waals surface area contributed by atoms with Crippen LogP contribution in [0.4, 0.5) is 0 Å². The Hall–Kier alpha value is -2.42. The van der Waals surface area contributed by atoms with Crippen molar-refractivity contribution in [3.05, 3.63) is 29.8 Å². The van der Waals surface area contributed by atoms with E-state index < -0.39 is 13.9 Å². The third-order valence-electron chi connectivity index (χ3n) is 4.79. The van der Waals surface area contributed by atoms with Crippen LogP contribution in [-0.2, 0) is 25.4 Å². The Kier molecular flexibility index (Phi) is 9.48. The number of likely N-dealkylation sites (tertiary alicyclic amines) is 1. The van der Waals surface area contributed by atoms with Crippen LogP contribution in [0.5, 0.6) is 5.75 Å². The van der Waals surface area contributed by atoms with Gasteiger partial charge in [0.15, 0.2) is 0 Å². The predicted molar refractivity (Wildman–Crippen MR) is 113 cm³/mol. The number of phosphoric acid groups is 1. The molecule has 0 spiro atoms. The zero-order valence-electron chi connectivity index (χ0n) is 17.6. The molecule has 172 valence electrons. The SMILES string of the molecule is CCCC(=O)N[C@@H](Cc1ccc(OP(=O)(O)O)cc1)C(=O)NCCCN1CCCC1=O. The molecule has 0 radical (unpaired) electrons. The van der Waals surface area contributed by atoms with Gasteiger partial charge in [0.2, 0.25) is 17.7 Å². The number of nitrogens with zero attached hydrogens (tertiary/aromatic N) is 1. The maximum Gasteiger partial charge on any atom is 0.524 e. The lowest BCUT2D eigenvalue weighted by molar-refractivity contribution is -0.129. The van der Waals surface area contributed by atoms with Crippen molar-refractivity contribution in [3.8, 4) is 5.75 Å². The highest BCUT2D eigenvalue weighted by Crippen LogP contribution is 2.37. The fourth-order valence-corrected chi connectivity index (χ4v) is 3.70. The number of nitrogens with one attached hydrogen (secondary N) is 2. The van der Waals surface area contributed by atoms with E-state index in [4.69, 9.17) is 9.79 Å². The number of rotatable bonds is 12. The maximum atomic E-state index is 12.7. The molecule has 1 heterocycles. The van der Waals surface area contributed by atoms with Crippen LogP contribution < -0.4 is 15.2 Å². The minimum Gasteiger partial charge on any atom is -0.404 e. The highest BCUT2D eigenvalue weighted by atomic mass is 31.2. The van der Waals surface area contributed by atoms with Gasteiger partial charge in [-0.3, -0.25) is 24.2 Å². The van der Waals surface area contributed by atoms with Crippen molar-refractivity contribution in [1.82, 2.24) is 15.5 Å². The number of hydrogen-bond donors (Lipinski definition) is 4. The van der Waals surface area contributed by atoms with Crippen LogP contribution in [0.2, 0.25) is 0 Å². The molecule has 31 heavy (non-hydrogen) atoms. The average Bonchev–Trinajstić information content (AvgIpc) is 3.10. The summed E-state index contributed by atoms with van der Waals surface area (Å²) < 4.78 is 15.4. The van der Waals surface area contributed by atoms with Crippen molar-refractivity contribution in [3.63, 3.8) is 0 Å². The Morgan fingerprint density at radius 1 is 1.26 bits per heavy atom. The van der Waals surface area contributed by atoms with Crippen LogP contribution in [0, 0.1) is 0 Å². The van der Waals surface area contributed by atoms with Gasteiger partial charge in [-0.1, -0.05) is 19.1 Å². The minimum absolute atomic E-state index is 0.00423. The van der Waals surface area contributed by atoms with Crippen LogP contribution >= 0.6 is 7.82 Å². The minimum atomic E-state index is -4.65. The van der Waals surface area contributed by atoms with Crippen LogP contribution in [-0.4, -0.2) is 58.1 Å². The van der Waals surface area contributed by atoms with Crippen LogP contribution in [0.25, 0.3) is 0 Å². The van der Waals surface area contributed by atoms with E-state index in [0.29, 0.717) is 44.3 Å². The summed E-state index contributed by atoms with van der Waals surface area (Å²) in [6, 6.07) is 5.15. The van der Waals surface area contributed by atoms with Crippen molar-refractivity contribution >= 4 is 25.5 Å². The van der Waals surface area contributed by atoms with E-state index in [1.54, 1.807) is 17.0 Å². The molecule has 1 atom stereocenters. The molecule has 1 saturated heterocycles. The monoisotopic (exact) mass is 455 g/mol. The molecule has 1 aliphatic rings. The summed E-state index contributed by atoms with van der Waals surface area (Å²) in [5.41, 5.74) is 0.692. The number of hydrogen-bond acceptors (Lipinski definition) is 5. The molecule has 1 aromatic rings. The van der Waals surface area contributed by atoms with Gasteiger partial charge < -0.3 is 20.1 Å². The van der Waals surface area contributed by atoms with Crippen molar-refractivity contribution in [1.29, 1.82) is 0 Å². The van der Waals surface area contributed by atoms with Crippen LogP contribution in [0.3, 0.4) is 0 Å². The van der Waals surface area contributed by atoms with Gasteiger partial charge >= 0.3 is 7.82 Å². The van der Waals surface area contributed by atoms with Gasteiger partial charge in [0.25, 0.3) is 0 Å². The molecule has 0 saturated carbocycles. The van der Waals surface area contributed by atoms with E-state index in [0.717, 1.165) is 13.0 Å². The van der Waals surface area contributed by atoms with E-state index >= 15 is 0 Å². The smallest absolute Gasteiger partial charge is 0.404 e. The number of carbonyl (C=O) groups is 3. The zero-order valence-corrected chi connectivity index (χ0v) is 18.5. The number of phosphoric ester groups is 1. The van der Waals surface area contributed by atoms with Gasteiger partial charge in [0, 0.05) is 38.9 Å². The first-order valence-corrected chi connectivity index (χ1v) is 11.9. The summed E-state index contributed by atoms with van der Waals surface area (Å²) in [7, 11) is -4.65. The van der Waals surface area contributed by atoms with Crippen molar-refractivity contribution in [2.24, 2.45) is 0 Å². The summed E-state index contributed by atoms with van der Waals surface area (Å²) >= 11 is 0. The van der Waals surface area contributed by atoms with Gasteiger partial charge in [-0.2, -0.15) is 0 Å². The van der Waals surface area contributed by atoms with Crippen molar-refractivity contribution in [2.75, 3.05) is 19.6 Å². The summed E-state index contributed by atoms with van der Waals surface area (Å²) in [6.07, 6.45) is 3.24. The number of amides is 3. The first kappa shape index (κ1) is 24.8. The quantitative estimate of drug-likeness (QED) is 0.273. The molecule has 11 heteroatoms. The second-order valence-electron chi connectivity index (χ2n) is 7.43. The van der Waals surface area contributed by atoms with Crippen molar-refractivity contribution < 1.29 is 33.3 Å². The Balaban J connectivity index is 1.92. The summed E-state index contributed by atoms with van der Waals surface area (Å²) in [4.78, 5) is 55.9. The molecule has 1 aliphatic heterocycles. The van der Waals surface area contributed by atoms with E-state index in [-0.39, 0.29) is 29.9 Å². The van der Waals surface area contributed by atoms with Crippen LogP contribution in [0.1, 0.15) is 44.6 Å². The largest absolute Gasteiger partial charge is 0.524 e. The average molecular weight is 455 g/mol. The van der Waals surface area contributed by atoms with E-state index in [1.165, 1.54) is 12.1 Å². The summed E-state index contributed by atoms with van der Waals surface area (Å²) in [5, 5.41) is 5.55. The first-order chi connectivity index (χ1) is 14.7. The summed E-state index contributed by atoms with van der Waals surface area (Å²) in [5.74, 6) is -0.411. The Labute approximate surface area is 181 Å². The molecule has 1 fully saturated rings. The van der Waals surface area contributed by atoms with E-state index in [1.807, 2.05) is 6.92 Å². The third-order valence-corrected chi connectivity index (χ3v) is 5.24. The number of benzene rings is 1. The normalized spacial score (nSPS) is 14.9. The predicted octanol–water partition coefficient (Wildman–Crippen LogP) is 1.11. The van der Waals surface area contributed by atoms with E-state index in [9.17, 15) is 18.9 Å². The molecular weight excluding hydrogens is 425 g/mol. The molecular formula is C20H30N3O7P. The molecule has 0 aromatic heterocycles. The molecule has 10 nitrogen and oxygen atoms in total. The Morgan fingerprint density at radius 2 is 1.97 bits per heavy atom. The molecule has 1 aromatic carbocycles. The Morgan fingerprint density at radius 3 is 2.55 bits per heavy atom. The third kappa shape index (κ3) is 9.08. The second kappa shape index (κ2) is 11.8. The van der Waals surface area contributed by atoms with Gasteiger partial charge in [0.05, 0.1) is 0 Å². The molecule has 0 unspecified atom stereocenters. The highest BCUT2D eigenvalue weighted by molar-refractivity contribution is 7.46. The lowest BCUT2D eigenvalue weighted by Gasteiger charge is -2.20. The lowest BCUT2D eigenvalue weighted by Crippen LogP contribution is -2.48. The molecule has 0 aliphatic carbocycles. The summed E-state index contributed by atoms with van der Waals surface area (Å²) in [6.45, 7) is 3.60. The fraction of sp³-hybridized carbons (Fsp3) is 0.550. The maximum absolute atomic E-state index is 12.7. The fourth-order valence-electron chi connectivity index (χ4n) is 3.31. The highest BCUT2D eigenvalue weighted by Gasteiger charge is 2.22. The topological polar surface area (TPSA) is 145 Å². The molecule has 4 N–H and O–H groups in total. The van der Waals surface area contributed by atoms with Crippen LogP contribution in [0.15, 0.2) is 24.3 Å². The standard InChI is InChI=1S/C20H30N3O7P/c1-2-5-18(24)22-17(14-15-7-9-16(10-8-15)30-31(27,28)29)20(26)21-11-4-13-23-12-3-6-19(23)25/h7-10,17H,2-6,11-14H2,1H3,(H,21,26)(H,22,24)(H2,27,28,29)/t17-/m0/s1. The van der Waals surface area contributed by atoms with Gasteiger partial charge in [-0.25, -0.2) is 4.57 Å². The van der Waals surface area contributed by atoms with E-state index in [2.05, 4.69) is 15.2 Å². The van der Waals surface area contributed by atoms with Gasteiger partial charge in [0.1, 0.15) is 11.8 Å². The number of carbonyl (C=O) groups excluding carboxylic acids is 3. The first-order valence-electron chi connectivity index (χ1n) is 10.4. The molecule has 3 amide bonds. The molecule has 2 rings (SSSR count). The van der Waals surface area contributed by atoms with Gasteiger partial charge in [-0.05, 0) is 37.0 Å².